The van der Waals surface area contributed by atoms with Crippen LogP contribution >= 0.6 is 0 Å². The van der Waals surface area contributed by atoms with E-state index in [1.807, 2.05) is 12.1 Å². The molecule has 0 aromatic heterocycles. The van der Waals surface area contributed by atoms with E-state index in [0.717, 1.165) is 48.3 Å². The van der Waals surface area contributed by atoms with Crippen LogP contribution in [-0.2, 0) is 21.3 Å². The van der Waals surface area contributed by atoms with Gasteiger partial charge in [0.1, 0.15) is 6.79 Å². The summed E-state index contributed by atoms with van der Waals surface area (Å²) in [5.41, 5.74) is 5.95. The van der Waals surface area contributed by atoms with Gasteiger partial charge in [0, 0.05) is 13.7 Å². The van der Waals surface area contributed by atoms with Gasteiger partial charge in [-0.3, -0.25) is 0 Å². The Labute approximate surface area is 213 Å². The first-order chi connectivity index (χ1) is 17.5. The van der Waals surface area contributed by atoms with Crippen LogP contribution in [0.2, 0.25) is 0 Å². The highest BCUT2D eigenvalue weighted by atomic mass is 16.7. The van der Waals surface area contributed by atoms with Gasteiger partial charge >= 0.3 is 5.97 Å². The predicted octanol–water partition coefficient (Wildman–Crippen LogP) is 7.23. The highest BCUT2D eigenvalue weighted by Gasteiger charge is 2.52. The van der Waals surface area contributed by atoms with Crippen molar-refractivity contribution in [1.29, 1.82) is 0 Å². The van der Waals surface area contributed by atoms with E-state index in [-0.39, 0.29) is 0 Å². The predicted molar refractivity (Wildman–Crippen MR) is 142 cm³/mol. The van der Waals surface area contributed by atoms with Gasteiger partial charge in [-0.25, -0.2) is 4.79 Å². The van der Waals surface area contributed by atoms with Crippen LogP contribution in [0.4, 0.5) is 0 Å². The van der Waals surface area contributed by atoms with Gasteiger partial charge in [0.15, 0.2) is 0 Å². The molecule has 188 valence electrons. The summed E-state index contributed by atoms with van der Waals surface area (Å²) >= 11 is 0. The van der Waals surface area contributed by atoms with Crippen LogP contribution in [0.15, 0.2) is 54.6 Å². The number of ether oxygens (including phenoxy) is 2. The minimum atomic E-state index is -0.888. The molecular formula is C32H36O4. The van der Waals surface area contributed by atoms with E-state index in [4.69, 9.17) is 9.47 Å². The molecule has 4 aliphatic carbocycles. The van der Waals surface area contributed by atoms with Gasteiger partial charge in [0.2, 0.25) is 0 Å². The van der Waals surface area contributed by atoms with Gasteiger partial charge in [0.25, 0.3) is 0 Å². The number of rotatable bonds is 9. The highest BCUT2D eigenvalue weighted by molar-refractivity contribution is 5.90. The van der Waals surface area contributed by atoms with Crippen molar-refractivity contribution in [3.8, 4) is 11.1 Å². The Hall–Kier alpha value is -2.69. The molecule has 7 rings (SSSR count). The fraction of sp³-hybridized carbons (Fsp3) is 0.469. The first-order valence-corrected chi connectivity index (χ1v) is 13.5. The molecular weight excluding hydrogens is 448 g/mol. The number of fused-ring (bicyclic) bond motifs is 1. The number of carboxylic acid groups (broad SMARTS) is 1. The molecule has 3 aromatic carbocycles. The number of benzene rings is 3. The molecule has 3 aromatic rings. The van der Waals surface area contributed by atoms with Crippen molar-refractivity contribution in [2.45, 2.75) is 56.8 Å². The van der Waals surface area contributed by atoms with Crippen LogP contribution < -0.4 is 0 Å². The molecule has 0 heterocycles. The number of carbonyl (C=O) groups is 1. The average molecular weight is 485 g/mol. The fourth-order valence-electron chi connectivity index (χ4n) is 7.98. The second kappa shape index (κ2) is 9.64. The van der Waals surface area contributed by atoms with Gasteiger partial charge in [-0.2, -0.15) is 0 Å². The first-order valence-electron chi connectivity index (χ1n) is 13.5. The topological polar surface area (TPSA) is 55.8 Å². The highest BCUT2D eigenvalue weighted by Crippen LogP contribution is 2.61. The molecule has 4 heteroatoms. The van der Waals surface area contributed by atoms with Gasteiger partial charge in [-0.1, -0.05) is 36.4 Å². The zero-order chi connectivity index (χ0) is 24.7. The number of aromatic carboxylic acids is 1. The van der Waals surface area contributed by atoms with E-state index in [1.165, 1.54) is 54.9 Å². The van der Waals surface area contributed by atoms with Crippen LogP contribution in [0.1, 0.15) is 66.4 Å². The minimum Gasteiger partial charge on any atom is -0.478 e. The van der Waals surface area contributed by atoms with Crippen LogP contribution in [0.25, 0.3) is 21.9 Å². The summed E-state index contributed by atoms with van der Waals surface area (Å²) in [4.78, 5) is 11.3. The van der Waals surface area contributed by atoms with E-state index < -0.39 is 5.97 Å². The molecule has 36 heavy (non-hydrogen) atoms. The first kappa shape index (κ1) is 23.7. The molecule has 4 nitrogen and oxygen atoms in total. The third-order valence-electron chi connectivity index (χ3n) is 9.07. The van der Waals surface area contributed by atoms with Crippen molar-refractivity contribution in [3.05, 3.63) is 71.3 Å². The summed E-state index contributed by atoms with van der Waals surface area (Å²) < 4.78 is 10.7. The fourth-order valence-corrected chi connectivity index (χ4v) is 7.98. The second-order valence-corrected chi connectivity index (χ2v) is 11.6. The number of hydrogen-bond donors (Lipinski definition) is 1. The number of methoxy groups -OCH3 is 1. The molecule has 0 unspecified atom stereocenters. The Morgan fingerprint density at radius 3 is 2.19 bits per heavy atom. The Morgan fingerprint density at radius 1 is 0.889 bits per heavy atom. The Balaban J connectivity index is 1.38. The smallest absolute Gasteiger partial charge is 0.335 e. The maximum atomic E-state index is 11.3. The summed E-state index contributed by atoms with van der Waals surface area (Å²) in [6.07, 6.45) is 10.4. The Morgan fingerprint density at radius 2 is 1.56 bits per heavy atom. The normalized spacial score (nSPS) is 26.5. The quantitative estimate of drug-likeness (QED) is 0.257. The summed E-state index contributed by atoms with van der Waals surface area (Å²) in [6.45, 7) is 1.08. The maximum absolute atomic E-state index is 11.3. The van der Waals surface area contributed by atoms with Gasteiger partial charge in [-0.05, 0) is 126 Å². The molecule has 0 spiro atoms. The third kappa shape index (κ3) is 4.46. The molecule has 1 N–H and O–H groups in total. The molecule has 4 saturated carbocycles. The summed E-state index contributed by atoms with van der Waals surface area (Å²) in [5, 5.41) is 11.8. The summed E-state index contributed by atoms with van der Waals surface area (Å²) in [6, 6.07) is 18.9. The molecule has 0 amide bonds. The summed E-state index contributed by atoms with van der Waals surface area (Å²) in [5.74, 6) is 1.83. The van der Waals surface area contributed by atoms with E-state index in [1.54, 1.807) is 24.8 Å². The Bertz CT molecular complexity index is 1220. The molecule has 4 fully saturated rings. The molecule has 0 aliphatic heterocycles. The number of aryl methyl sites for hydroxylation is 1. The van der Waals surface area contributed by atoms with Crippen molar-refractivity contribution < 1.29 is 19.4 Å². The lowest BCUT2D eigenvalue weighted by Gasteiger charge is -2.57. The van der Waals surface area contributed by atoms with Crippen molar-refractivity contribution in [3.63, 3.8) is 0 Å². The standard InChI is InChI=1S/C32H36O4/c1-35-20-36-10-2-3-28-14-27-9-8-26(24-4-6-25(7-5-24)31(33)34)15-29(27)16-30(28)32-17-21-11-22(18-32)13-23(12-21)19-32/h4-9,14-16,21-23H,2-3,10-13,17-20H2,1H3,(H,33,34). The zero-order valence-electron chi connectivity index (χ0n) is 21.2. The molecule has 0 atom stereocenters. The van der Waals surface area contributed by atoms with Crippen molar-refractivity contribution in [2.24, 2.45) is 17.8 Å². The van der Waals surface area contributed by atoms with Crippen molar-refractivity contribution >= 4 is 16.7 Å². The third-order valence-corrected chi connectivity index (χ3v) is 9.07. The van der Waals surface area contributed by atoms with Crippen LogP contribution in [0.3, 0.4) is 0 Å². The van der Waals surface area contributed by atoms with E-state index in [2.05, 4.69) is 30.3 Å². The number of hydrogen-bond acceptors (Lipinski definition) is 3. The lowest BCUT2D eigenvalue weighted by atomic mass is 9.47. The van der Waals surface area contributed by atoms with Crippen molar-refractivity contribution in [2.75, 3.05) is 20.5 Å². The van der Waals surface area contributed by atoms with E-state index >= 15 is 0 Å². The summed E-state index contributed by atoms with van der Waals surface area (Å²) in [7, 11) is 1.67. The van der Waals surface area contributed by atoms with Crippen LogP contribution in [0, 0.1) is 17.8 Å². The second-order valence-electron chi connectivity index (χ2n) is 11.6. The lowest BCUT2D eigenvalue weighted by Crippen LogP contribution is -2.48. The maximum Gasteiger partial charge on any atom is 0.335 e. The molecule has 0 saturated heterocycles. The van der Waals surface area contributed by atoms with Gasteiger partial charge < -0.3 is 14.6 Å². The number of carboxylic acids is 1. The van der Waals surface area contributed by atoms with E-state index in [9.17, 15) is 9.90 Å². The molecule has 4 bridgehead atoms. The van der Waals surface area contributed by atoms with Crippen LogP contribution in [-0.4, -0.2) is 31.6 Å². The minimum absolute atomic E-state index is 0.322. The zero-order valence-corrected chi connectivity index (χ0v) is 21.2. The lowest BCUT2D eigenvalue weighted by molar-refractivity contribution is -0.0311. The molecule has 0 radical (unpaired) electrons. The monoisotopic (exact) mass is 484 g/mol. The van der Waals surface area contributed by atoms with E-state index in [0.29, 0.717) is 17.8 Å². The molecule has 4 aliphatic rings. The van der Waals surface area contributed by atoms with Crippen molar-refractivity contribution in [1.82, 2.24) is 0 Å². The Kier molecular flexibility index (Phi) is 6.35. The average Bonchev–Trinajstić information content (AvgIpc) is 2.87. The largest absolute Gasteiger partial charge is 0.478 e. The van der Waals surface area contributed by atoms with Crippen LogP contribution in [0.5, 0.6) is 0 Å². The SMILES string of the molecule is COCOCCCc1cc2ccc(-c3ccc(C(=O)O)cc3)cc2cc1C12CC3CC(CC(C3)C1)C2. The van der Waals surface area contributed by atoms with Gasteiger partial charge in [0.05, 0.1) is 5.56 Å². The van der Waals surface area contributed by atoms with Gasteiger partial charge in [-0.15, -0.1) is 0 Å².